The number of hydrogen-bond donors (Lipinski definition) is 1. The largest absolute Gasteiger partial charge is 0.398 e. The molecule has 1 saturated heterocycles. The van der Waals surface area contributed by atoms with Crippen LogP contribution in [-0.4, -0.2) is 25.8 Å². The Morgan fingerprint density at radius 3 is 2.75 bits per heavy atom. The Bertz CT molecular complexity index is 960. The van der Waals surface area contributed by atoms with E-state index in [1.54, 1.807) is 28.6 Å². The van der Waals surface area contributed by atoms with Crippen LogP contribution >= 0.6 is 0 Å². The van der Waals surface area contributed by atoms with Gasteiger partial charge in [0.15, 0.2) is 0 Å². The van der Waals surface area contributed by atoms with Crippen LogP contribution in [0.15, 0.2) is 65.1 Å². The van der Waals surface area contributed by atoms with Crippen molar-refractivity contribution in [1.82, 2.24) is 4.31 Å². The topological polar surface area (TPSA) is 63.4 Å². The fourth-order valence-electron chi connectivity index (χ4n) is 3.68. The number of nitrogen functional groups attached to an aromatic ring is 1. The second kappa shape index (κ2) is 5.76. The number of nitrogens with two attached hydrogens (primary N) is 1. The van der Waals surface area contributed by atoms with Gasteiger partial charge < -0.3 is 5.73 Å². The highest BCUT2D eigenvalue weighted by Gasteiger charge is 2.33. The quantitative estimate of drug-likeness (QED) is 0.853. The van der Waals surface area contributed by atoms with E-state index in [9.17, 15) is 8.42 Å². The number of allylic oxidation sites excluding steroid dienone is 3. The molecule has 0 bridgehead atoms. The van der Waals surface area contributed by atoms with E-state index < -0.39 is 10.0 Å². The van der Waals surface area contributed by atoms with Crippen molar-refractivity contribution in [2.45, 2.75) is 17.7 Å². The minimum Gasteiger partial charge on any atom is -0.398 e. The maximum absolute atomic E-state index is 13.2. The van der Waals surface area contributed by atoms with Gasteiger partial charge in [0.05, 0.1) is 4.90 Å². The van der Waals surface area contributed by atoms with Gasteiger partial charge in [-0.15, -0.1) is 0 Å². The first-order valence-corrected chi connectivity index (χ1v) is 9.64. The van der Waals surface area contributed by atoms with Crippen LogP contribution in [0.2, 0.25) is 0 Å². The molecule has 4 rings (SSSR count). The van der Waals surface area contributed by atoms with Gasteiger partial charge in [-0.05, 0) is 30.9 Å². The van der Waals surface area contributed by atoms with Gasteiger partial charge in [-0.1, -0.05) is 48.1 Å². The van der Waals surface area contributed by atoms with Crippen molar-refractivity contribution in [3.05, 3.63) is 60.2 Å². The fourth-order valence-corrected chi connectivity index (χ4v) is 5.37. The number of nitrogens with zero attached hydrogens (tertiary/aromatic N) is 1. The molecule has 1 fully saturated rings. The molecule has 24 heavy (non-hydrogen) atoms. The molecule has 4 nitrogen and oxygen atoms in total. The summed E-state index contributed by atoms with van der Waals surface area (Å²) in [5.74, 6) is 0.304. The highest BCUT2D eigenvalue weighted by atomic mass is 32.2. The Morgan fingerprint density at radius 2 is 1.88 bits per heavy atom. The molecule has 0 radical (unpaired) electrons. The Labute approximate surface area is 142 Å². The summed E-state index contributed by atoms with van der Waals surface area (Å²) in [5.41, 5.74) is 7.98. The summed E-state index contributed by atoms with van der Waals surface area (Å²) in [6.45, 7) is 1.09. The lowest BCUT2D eigenvalue weighted by molar-refractivity contribution is 0.323. The minimum absolute atomic E-state index is 0.304. The van der Waals surface area contributed by atoms with E-state index in [4.69, 9.17) is 5.73 Å². The van der Waals surface area contributed by atoms with Gasteiger partial charge in [0, 0.05) is 29.5 Å². The van der Waals surface area contributed by atoms with Crippen LogP contribution in [-0.2, 0) is 10.0 Å². The molecule has 2 N–H and O–H groups in total. The number of anilines is 1. The lowest BCUT2D eigenvalue weighted by atomic mass is 9.87. The second-order valence-corrected chi connectivity index (χ2v) is 8.32. The molecule has 5 heteroatoms. The van der Waals surface area contributed by atoms with Crippen LogP contribution in [0.3, 0.4) is 0 Å². The molecule has 1 atom stereocenters. The lowest BCUT2D eigenvalue weighted by Gasteiger charge is -2.34. The van der Waals surface area contributed by atoms with E-state index in [0.717, 1.165) is 18.2 Å². The third-order valence-corrected chi connectivity index (χ3v) is 6.92. The summed E-state index contributed by atoms with van der Waals surface area (Å²) in [4.78, 5) is 0.353. The molecule has 0 amide bonds. The van der Waals surface area contributed by atoms with E-state index in [-0.39, 0.29) is 0 Å². The summed E-state index contributed by atoms with van der Waals surface area (Å²) in [6.07, 6.45) is 8.05. The van der Waals surface area contributed by atoms with Gasteiger partial charge in [-0.3, -0.25) is 0 Å². The summed E-state index contributed by atoms with van der Waals surface area (Å²) in [6, 6.07) is 10.8. The molecule has 0 saturated carbocycles. The SMILES string of the molecule is Nc1cccc2c(S(=O)(=O)N3CCC4=CC=CCC4C3)cccc12. The van der Waals surface area contributed by atoms with Crippen molar-refractivity contribution in [3.63, 3.8) is 0 Å². The van der Waals surface area contributed by atoms with Crippen molar-refractivity contribution in [3.8, 4) is 0 Å². The Hall–Kier alpha value is -2.11. The number of rotatable bonds is 2. The van der Waals surface area contributed by atoms with Crippen molar-refractivity contribution in [2.75, 3.05) is 18.8 Å². The molecule has 2 aromatic rings. The van der Waals surface area contributed by atoms with Crippen LogP contribution in [0.5, 0.6) is 0 Å². The summed E-state index contributed by atoms with van der Waals surface area (Å²) in [5, 5.41) is 1.49. The van der Waals surface area contributed by atoms with E-state index in [0.29, 0.717) is 35.0 Å². The van der Waals surface area contributed by atoms with Crippen LogP contribution in [0, 0.1) is 5.92 Å². The predicted molar refractivity (Wildman–Crippen MR) is 97.1 cm³/mol. The first-order valence-electron chi connectivity index (χ1n) is 8.20. The van der Waals surface area contributed by atoms with E-state index in [2.05, 4.69) is 18.2 Å². The van der Waals surface area contributed by atoms with Gasteiger partial charge >= 0.3 is 0 Å². The maximum Gasteiger partial charge on any atom is 0.243 e. The first-order chi connectivity index (χ1) is 11.6. The molecular weight excluding hydrogens is 320 g/mol. The zero-order valence-electron chi connectivity index (χ0n) is 13.4. The van der Waals surface area contributed by atoms with Crippen LogP contribution < -0.4 is 5.73 Å². The summed E-state index contributed by atoms with van der Waals surface area (Å²) in [7, 11) is -3.53. The molecule has 1 heterocycles. The summed E-state index contributed by atoms with van der Waals surface area (Å²) >= 11 is 0. The molecule has 2 aromatic carbocycles. The predicted octanol–water partition coefficient (Wildman–Crippen LogP) is 3.32. The molecule has 0 aromatic heterocycles. The Kier molecular flexibility index (Phi) is 3.70. The first kappa shape index (κ1) is 15.4. The number of hydrogen-bond acceptors (Lipinski definition) is 3. The van der Waals surface area contributed by atoms with Crippen molar-refractivity contribution in [2.24, 2.45) is 5.92 Å². The van der Waals surface area contributed by atoms with Gasteiger partial charge in [0.25, 0.3) is 0 Å². The third kappa shape index (κ3) is 2.44. The molecule has 1 aliphatic carbocycles. The second-order valence-electron chi connectivity index (χ2n) is 6.41. The molecule has 1 unspecified atom stereocenters. The van der Waals surface area contributed by atoms with E-state index in [1.807, 2.05) is 12.1 Å². The van der Waals surface area contributed by atoms with Gasteiger partial charge in [0.1, 0.15) is 0 Å². The van der Waals surface area contributed by atoms with Crippen LogP contribution in [0.4, 0.5) is 5.69 Å². The van der Waals surface area contributed by atoms with Gasteiger partial charge in [-0.2, -0.15) is 4.31 Å². The highest BCUT2D eigenvalue weighted by Crippen LogP contribution is 2.34. The highest BCUT2D eigenvalue weighted by molar-refractivity contribution is 7.89. The smallest absolute Gasteiger partial charge is 0.243 e. The average Bonchev–Trinajstić information content (AvgIpc) is 2.61. The number of piperidine rings is 1. The zero-order chi connectivity index (χ0) is 16.7. The number of benzene rings is 2. The third-order valence-electron chi connectivity index (χ3n) is 5.00. The number of sulfonamides is 1. The minimum atomic E-state index is -3.53. The van der Waals surface area contributed by atoms with Crippen LogP contribution in [0.1, 0.15) is 12.8 Å². The standard InChI is InChI=1S/C19H20N2O2S/c20-18-9-3-8-17-16(18)7-4-10-19(17)24(22,23)21-12-11-14-5-1-2-6-15(14)13-21/h1-5,7-10,15H,6,11-13,20H2. The van der Waals surface area contributed by atoms with Crippen molar-refractivity contribution >= 4 is 26.5 Å². The molecule has 1 aliphatic heterocycles. The summed E-state index contributed by atoms with van der Waals surface area (Å²) < 4.78 is 28.1. The van der Waals surface area contributed by atoms with Crippen molar-refractivity contribution < 1.29 is 8.42 Å². The van der Waals surface area contributed by atoms with Gasteiger partial charge in [0.2, 0.25) is 10.0 Å². The molecule has 2 aliphatic rings. The van der Waals surface area contributed by atoms with E-state index in [1.165, 1.54) is 5.57 Å². The lowest BCUT2D eigenvalue weighted by Crippen LogP contribution is -2.41. The molecule has 0 spiro atoms. The monoisotopic (exact) mass is 340 g/mol. The van der Waals surface area contributed by atoms with Gasteiger partial charge in [-0.25, -0.2) is 8.42 Å². The molecule has 124 valence electrons. The zero-order valence-corrected chi connectivity index (χ0v) is 14.2. The van der Waals surface area contributed by atoms with Crippen LogP contribution in [0.25, 0.3) is 10.8 Å². The average molecular weight is 340 g/mol. The fraction of sp³-hybridized carbons (Fsp3) is 0.263. The molecular formula is C19H20N2O2S. The Balaban J connectivity index is 1.75. The normalized spacial score (nSPS) is 21.5. The van der Waals surface area contributed by atoms with Crippen molar-refractivity contribution in [1.29, 1.82) is 0 Å². The van der Waals surface area contributed by atoms with E-state index >= 15 is 0 Å². The number of fused-ring (bicyclic) bond motifs is 2. The maximum atomic E-state index is 13.2. The Morgan fingerprint density at radius 1 is 1.08 bits per heavy atom.